The van der Waals surface area contributed by atoms with Crippen LogP contribution >= 0.6 is 0 Å². The molecule has 224 valence electrons. The van der Waals surface area contributed by atoms with E-state index in [9.17, 15) is 9.59 Å². The third-order valence-electron chi connectivity index (χ3n) is 9.68. The molecule has 4 heterocycles. The van der Waals surface area contributed by atoms with E-state index in [1.54, 1.807) is 6.26 Å². The summed E-state index contributed by atoms with van der Waals surface area (Å²) in [5.74, 6) is 0.564. The Morgan fingerprint density at radius 3 is 2.40 bits per heavy atom. The summed E-state index contributed by atoms with van der Waals surface area (Å²) in [5, 5.41) is 3.38. The van der Waals surface area contributed by atoms with Crippen molar-refractivity contribution in [2.24, 2.45) is 0 Å². The lowest BCUT2D eigenvalue weighted by Gasteiger charge is -2.46. The molecule has 42 heavy (non-hydrogen) atoms. The molecule has 8 heteroatoms. The number of aromatic nitrogens is 1. The molecule has 2 fully saturated rings. The lowest BCUT2D eigenvalue weighted by molar-refractivity contribution is -0.133. The van der Waals surface area contributed by atoms with Gasteiger partial charge in [0.2, 0.25) is 5.91 Å². The number of amides is 2. The summed E-state index contributed by atoms with van der Waals surface area (Å²) >= 11 is 0. The third-order valence-corrected chi connectivity index (χ3v) is 9.68. The number of furan rings is 1. The van der Waals surface area contributed by atoms with Crippen LogP contribution in [0.15, 0.2) is 53.1 Å². The Balaban J connectivity index is 1.20. The van der Waals surface area contributed by atoms with Crippen LogP contribution in [0.2, 0.25) is 0 Å². The number of rotatable bonds is 7. The molecule has 1 N–H and O–H groups in total. The number of carbonyl (C=O) groups is 2. The van der Waals surface area contributed by atoms with Gasteiger partial charge in [0.05, 0.1) is 18.5 Å². The Morgan fingerprint density at radius 1 is 0.952 bits per heavy atom. The van der Waals surface area contributed by atoms with E-state index in [4.69, 9.17) is 4.42 Å². The van der Waals surface area contributed by atoms with Gasteiger partial charge in [-0.3, -0.25) is 14.5 Å². The normalized spacial score (nSPS) is 22.2. The summed E-state index contributed by atoms with van der Waals surface area (Å²) in [5.41, 5.74) is 4.34. The Bertz CT molecular complexity index is 1400. The molecule has 2 aromatic heterocycles. The number of anilines is 1. The van der Waals surface area contributed by atoms with Crippen LogP contribution in [0.25, 0.3) is 11.5 Å². The minimum absolute atomic E-state index is 0.0489. The number of fused-ring (bicyclic) bond motifs is 1. The van der Waals surface area contributed by atoms with Gasteiger partial charge < -0.3 is 24.1 Å². The highest BCUT2D eigenvalue weighted by Gasteiger charge is 2.48. The maximum atomic E-state index is 14.1. The second-order valence-corrected chi connectivity index (χ2v) is 12.7. The molecule has 1 atom stereocenters. The van der Waals surface area contributed by atoms with Gasteiger partial charge in [0, 0.05) is 51.0 Å². The molecule has 3 aliphatic rings. The van der Waals surface area contributed by atoms with Gasteiger partial charge in [-0.15, -0.1) is 0 Å². The summed E-state index contributed by atoms with van der Waals surface area (Å²) in [6.07, 6.45) is 8.39. The van der Waals surface area contributed by atoms with Crippen molar-refractivity contribution in [1.82, 2.24) is 19.7 Å². The molecule has 6 rings (SSSR count). The van der Waals surface area contributed by atoms with E-state index in [1.165, 1.54) is 29.7 Å². The van der Waals surface area contributed by atoms with Gasteiger partial charge in [0.25, 0.3) is 5.91 Å². The summed E-state index contributed by atoms with van der Waals surface area (Å²) in [6, 6.07) is 14.4. The summed E-state index contributed by atoms with van der Waals surface area (Å²) in [6.45, 7) is 11.7. The average Bonchev–Trinajstić information content (AvgIpc) is 3.59. The van der Waals surface area contributed by atoms with Crippen LogP contribution in [0, 0.1) is 13.8 Å². The molecule has 0 bridgehead atoms. The zero-order valence-electron chi connectivity index (χ0n) is 25.4. The van der Waals surface area contributed by atoms with Crippen molar-refractivity contribution in [2.75, 3.05) is 44.2 Å². The van der Waals surface area contributed by atoms with E-state index >= 15 is 0 Å². The first-order valence-corrected chi connectivity index (χ1v) is 15.7. The number of hydrogen-bond acceptors (Lipinski definition) is 5. The molecule has 1 saturated heterocycles. The van der Waals surface area contributed by atoms with E-state index in [-0.39, 0.29) is 17.9 Å². The molecule has 8 nitrogen and oxygen atoms in total. The van der Waals surface area contributed by atoms with Crippen molar-refractivity contribution < 1.29 is 14.0 Å². The summed E-state index contributed by atoms with van der Waals surface area (Å²) in [4.78, 5) is 35.0. The van der Waals surface area contributed by atoms with Gasteiger partial charge in [0.1, 0.15) is 17.0 Å². The second-order valence-electron chi connectivity index (χ2n) is 12.7. The molecule has 0 radical (unpaired) electrons. The van der Waals surface area contributed by atoms with Gasteiger partial charge in [-0.2, -0.15) is 0 Å². The minimum atomic E-state index is -1.00. The first-order valence-electron chi connectivity index (χ1n) is 15.7. The standard InChI is InChI=1S/C34H45N5O3/c1-25-12-13-26(2)30(23-25)37-19-16-36(17-20-37)18-21-39-32(40)29-15-14-28(31-11-8-22-42-31)38(29)24-34(39,3)33(41)35-27-9-6-4-5-7-10-27/h8,11-15,22-23,27H,4-7,9-10,16-21,24H2,1-3H3,(H,35,41)/t34-/m0/s1. The molecule has 0 unspecified atom stereocenters. The van der Waals surface area contributed by atoms with Crippen molar-refractivity contribution in [2.45, 2.75) is 77.4 Å². The first-order chi connectivity index (χ1) is 20.3. The van der Waals surface area contributed by atoms with Crippen LogP contribution in [0.5, 0.6) is 0 Å². The molecule has 2 aliphatic heterocycles. The van der Waals surface area contributed by atoms with Crippen LogP contribution < -0.4 is 10.2 Å². The van der Waals surface area contributed by atoms with E-state index in [1.807, 2.05) is 40.7 Å². The van der Waals surface area contributed by atoms with Crippen LogP contribution in [0.4, 0.5) is 5.69 Å². The van der Waals surface area contributed by atoms with Gasteiger partial charge in [-0.05, 0) is 75.1 Å². The van der Waals surface area contributed by atoms with Gasteiger partial charge in [-0.25, -0.2) is 0 Å². The molecular formula is C34H45N5O3. The second kappa shape index (κ2) is 12.0. The number of nitrogens with zero attached hydrogens (tertiary/aromatic N) is 4. The van der Waals surface area contributed by atoms with Crippen molar-refractivity contribution in [1.29, 1.82) is 0 Å². The highest BCUT2D eigenvalue weighted by molar-refractivity contribution is 6.00. The number of nitrogens with one attached hydrogen (secondary N) is 1. The largest absolute Gasteiger partial charge is 0.463 e. The van der Waals surface area contributed by atoms with E-state index < -0.39 is 5.54 Å². The molecule has 1 aliphatic carbocycles. The Kier molecular flexibility index (Phi) is 8.17. The SMILES string of the molecule is Cc1ccc(C)c(N2CCN(CCN3C(=O)c4ccc(-c5ccco5)n4C[C@@]3(C)C(=O)NC3CCCCCC3)CC2)c1. The topological polar surface area (TPSA) is 74.0 Å². The predicted molar refractivity (Wildman–Crippen MR) is 166 cm³/mol. The molecule has 1 saturated carbocycles. The summed E-state index contributed by atoms with van der Waals surface area (Å²) < 4.78 is 7.67. The molecule has 1 aromatic carbocycles. The van der Waals surface area contributed by atoms with Gasteiger partial charge in [0.15, 0.2) is 0 Å². The number of benzene rings is 1. The minimum Gasteiger partial charge on any atom is -0.463 e. The average molecular weight is 572 g/mol. The number of hydrogen-bond donors (Lipinski definition) is 1. The summed E-state index contributed by atoms with van der Waals surface area (Å²) in [7, 11) is 0. The fraction of sp³-hybridized carbons (Fsp3) is 0.529. The lowest BCUT2D eigenvalue weighted by atomic mass is 9.93. The van der Waals surface area contributed by atoms with Crippen LogP contribution in [-0.2, 0) is 11.3 Å². The lowest BCUT2D eigenvalue weighted by Crippen LogP contribution is -2.66. The monoisotopic (exact) mass is 571 g/mol. The van der Waals surface area contributed by atoms with E-state index in [0.29, 0.717) is 24.5 Å². The van der Waals surface area contributed by atoms with Gasteiger partial charge in [-0.1, -0.05) is 37.8 Å². The maximum absolute atomic E-state index is 14.1. The number of aryl methyl sites for hydroxylation is 2. The molecular weight excluding hydrogens is 526 g/mol. The number of carbonyl (C=O) groups excluding carboxylic acids is 2. The Hall–Kier alpha value is -3.52. The molecule has 0 spiro atoms. The molecule has 3 aromatic rings. The highest BCUT2D eigenvalue weighted by atomic mass is 16.3. The van der Waals surface area contributed by atoms with Crippen LogP contribution in [0.1, 0.15) is 67.1 Å². The van der Waals surface area contributed by atoms with E-state index in [2.05, 4.69) is 47.2 Å². The van der Waals surface area contributed by atoms with Crippen molar-refractivity contribution >= 4 is 17.5 Å². The van der Waals surface area contributed by atoms with Crippen molar-refractivity contribution in [3.8, 4) is 11.5 Å². The van der Waals surface area contributed by atoms with Crippen LogP contribution in [-0.4, -0.2) is 77.0 Å². The first kappa shape index (κ1) is 28.6. The van der Waals surface area contributed by atoms with Crippen LogP contribution in [0.3, 0.4) is 0 Å². The smallest absolute Gasteiger partial charge is 0.271 e. The maximum Gasteiger partial charge on any atom is 0.271 e. The zero-order valence-corrected chi connectivity index (χ0v) is 25.4. The fourth-order valence-corrected chi connectivity index (χ4v) is 7.04. The number of piperazine rings is 1. The fourth-order valence-electron chi connectivity index (χ4n) is 7.04. The van der Waals surface area contributed by atoms with Crippen molar-refractivity contribution in [3.63, 3.8) is 0 Å². The third kappa shape index (κ3) is 5.61. The molecule has 2 amide bonds. The van der Waals surface area contributed by atoms with E-state index in [0.717, 1.165) is 64.1 Å². The Morgan fingerprint density at radius 2 is 1.69 bits per heavy atom. The van der Waals surface area contributed by atoms with Gasteiger partial charge >= 0.3 is 0 Å². The zero-order chi connectivity index (χ0) is 29.3. The Labute approximate surface area is 249 Å². The van der Waals surface area contributed by atoms with Crippen molar-refractivity contribution in [3.05, 3.63) is 65.5 Å². The predicted octanol–water partition coefficient (Wildman–Crippen LogP) is 5.24. The quantitative estimate of drug-likeness (QED) is 0.393. The highest BCUT2D eigenvalue weighted by Crippen LogP contribution is 2.34.